The molecule has 0 spiro atoms. The van der Waals surface area contributed by atoms with Crippen LogP contribution in [0.15, 0.2) is 83.4 Å². The monoisotopic (exact) mass is 777 g/mol. The maximum atomic E-state index is 13.6. The molecule has 1 aliphatic rings. The fourth-order valence-electron chi connectivity index (χ4n) is 5.88. The van der Waals surface area contributed by atoms with E-state index >= 15 is 0 Å². The summed E-state index contributed by atoms with van der Waals surface area (Å²) in [5.41, 5.74) is 2.79. The van der Waals surface area contributed by atoms with Gasteiger partial charge in [-0.25, -0.2) is 4.79 Å². The van der Waals surface area contributed by atoms with Crippen LogP contribution < -0.4 is 16.0 Å². The Balaban J connectivity index is 1.32. The SMILES string of the molecule is CCOC(=O)c1c(NC(=O)C(C)Sc2cccc(NC(=O)/C(=C\c3cccc(Cl)c3Cl)NC(=O)c3ccccc3)c2)sc2c1CCC(C(C)(C)C)C2. The van der Waals surface area contributed by atoms with Crippen LogP contribution in [0.3, 0.4) is 0 Å². The largest absolute Gasteiger partial charge is 0.462 e. The summed E-state index contributed by atoms with van der Waals surface area (Å²) in [5.74, 6) is -1.27. The molecule has 1 aromatic heterocycles. The molecule has 12 heteroatoms. The van der Waals surface area contributed by atoms with Gasteiger partial charge in [0.15, 0.2) is 0 Å². The Morgan fingerprint density at radius 3 is 2.44 bits per heavy atom. The van der Waals surface area contributed by atoms with Gasteiger partial charge in [0, 0.05) is 21.0 Å². The third-order valence-electron chi connectivity index (χ3n) is 8.79. The Labute approximate surface area is 322 Å². The number of hydrogen-bond donors (Lipinski definition) is 3. The van der Waals surface area contributed by atoms with Gasteiger partial charge in [0.25, 0.3) is 11.8 Å². The standard InChI is InChI=1S/C40H41Cl2N3O5S2/c1-6-50-39(49)33-29-19-18-26(40(3,4)5)21-32(29)52-38(33)45-35(46)23(2)51-28-16-11-15-27(22-28)43-37(48)31(20-25-14-10-17-30(41)34(25)42)44-36(47)24-12-8-7-9-13-24/h7-17,20,22-23,26H,6,18-19,21H2,1-5H3,(H,43,48)(H,44,47)(H,45,46)/b31-20+. The summed E-state index contributed by atoms with van der Waals surface area (Å²) < 4.78 is 5.41. The van der Waals surface area contributed by atoms with E-state index < -0.39 is 23.0 Å². The molecule has 0 bridgehead atoms. The highest BCUT2D eigenvalue weighted by molar-refractivity contribution is 8.00. The molecule has 0 saturated heterocycles. The molecule has 2 atom stereocenters. The Morgan fingerprint density at radius 1 is 1.00 bits per heavy atom. The average Bonchev–Trinajstić information content (AvgIpc) is 3.47. The summed E-state index contributed by atoms with van der Waals surface area (Å²) in [6.07, 6.45) is 4.05. The summed E-state index contributed by atoms with van der Waals surface area (Å²) in [4.78, 5) is 55.2. The van der Waals surface area contributed by atoms with Gasteiger partial charge in [-0.15, -0.1) is 23.1 Å². The number of amides is 3. The number of nitrogens with one attached hydrogen (secondary N) is 3. The molecule has 3 N–H and O–H groups in total. The van der Waals surface area contributed by atoms with Crippen LogP contribution in [-0.4, -0.2) is 35.5 Å². The highest BCUT2D eigenvalue weighted by atomic mass is 35.5. The molecular weight excluding hydrogens is 737 g/mol. The highest BCUT2D eigenvalue weighted by Crippen LogP contribution is 2.45. The molecule has 3 aromatic carbocycles. The lowest BCUT2D eigenvalue weighted by Gasteiger charge is -2.33. The lowest BCUT2D eigenvalue weighted by atomic mass is 9.72. The van der Waals surface area contributed by atoms with E-state index in [-0.39, 0.29) is 28.6 Å². The zero-order valence-electron chi connectivity index (χ0n) is 29.6. The first kappa shape index (κ1) is 39.1. The molecule has 3 amide bonds. The molecule has 0 aliphatic heterocycles. The quantitative estimate of drug-likeness (QED) is 0.0794. The first-order valence-electron chi connectivity index (χ1n) is 17.0. The second-order valence-electron chi connectivity index (χ2n) is 13.5. The summed E-state index contributed by atoms with van der Waals surface area (Å²) in [6.45, 7) is 10.5. The van der Waals surface area contributed by atoms with Gasteiger partial charge in [-0.05, 0) is 98.0 Å². The summed E-state index contributed by atoms with van der Waals surface area (Å²) in [6, 6.07) is 20.6. The predicted molar refractivity (Wildman–Crippen MR) is 213 cm³/mol. The van der Waals surface area contributed by atoms with Crippen LogP contribution in [0.2, 0.25) is 10.0 Å². The molecule has 8 nitrogen and oxygen atoms in total. The Kier molecular flexibility index (Phi) is 12.9. The fraction of sp³-hybridized carbons (Fsp3) is 0.300. The second-order valence-corrected chi connectivity index (χ2v) is 16.8. The Hall–Kier alpha value is -4.09. The summed E-state index contributed by atoms with van der Waals surface area (Å²) in [7, 11) is 0. The van der Waals surface area contributed by atoms with E-state index in [4.69, 9.17) is 27.9 Å². The van der Waals surface area contributed by atoms with Crippen LogP contribution >= 0.6 is 46.3 Å². The van der Waals surface area contributed by atoms with Crippen molar-refractivity contribution in [3.63, 3.8) is 0 Å². The van der Waals surface area contributed by atoms with Crippen molar-refractivity contribution < 1.29 is 23.9 Å². The minimum atomic E-state index is -0.588. The van der Waals surface area contributed by atoms with Crippen LogP contribution in [-0.2, 0) is 27.2 Å². The van der Waals surface area contributed by atoms with Crippen LogP contribution in [0, 0.1) is 11.3 Å². The molecule has 1 heterocycles. The maximum Gasteiger partial charge on any atom is 0.341 e. The van der Waals surface area contributed by atoms with Crippen LogP contribution in [0.4, 0.5) is 10.7 Å². The number of hydrogen-bond acceptors (Lipinski definition) is 7. The van der Waals surface area contributed by atoms with E-state index in [1.165, 1.54) is 29.2 Å². The van der Waals surface area contributed by atoms with Crippen LogP contribution in [0.5, 0.6) is 0 Å². The van der Waals surface area contributed by atoms with Crippen LogP contribution in [0.1, 0.15) is 77.8 Å². The Morgan fingerprint density at radius 2 is 1.73 bits per heavy atom. The second kappa shape index (κ2) is 17.2. The smallest absolute Gasteiger partial charge is 0.341 e. The molecule has 1 aliphatic carbocycles. The molecule has 0 saturated carbocycles. The van der Waals surface area contributed by atoms with Crippen molar-refractivity contribution in [2.24, 2.45) is 11.3 Å². The first-order valence-corrected chi connectivity index (χ1v) is 19.4. The number of rotatable bonds is 11. The molecule has 0 fully saturated rings. The lowest BCUT2D eigenvalue weighted by molar-refractivity contribution is -0.115. The number of halogens is 2. The van der Waals surface area contributed by atoms with Gasteiger partial charge in [-0.2, -0.15) is 0 Å². The number of thiophene rings is 1. The minimum absolute atomic E-state index is 0.0475. The van der Waals surface area contributed by atoms with E-state index in [2.05, 4.69) is 36.7 Å². The normalized spacial score (nSPS) is 14.9. The molecule has 5 rings (SSSR count). The number of benzene rings is 3. The van der Waals surface area contributed by atoms with Crippen LogP contribution in [0.25, 0.3) is 6.08 Å². The van der Waals surface area contributed by atoms with E-state index in [1.54, 1.807) is 80.6 Å². The number of carbonyl (C=O) groups is 4. The summed E-state index contributed by atoms with van der Waals surface area (Å²) in [5, 5.41) is 9.09. The molecule has 4 aromatic rings. The zero-order valence-corrected chi connectivity index (χ0v) is 32.7. The highest BCUT2D eigenvalue weighted by Gasteiger charge is 2.35. The first-order chi connectivity index (χ1) is 24.7. The van der Waals surface area contributed by atoms with Crippen molar-refractivity contribution in [3.8, 4) is 0 Å². The molecule has 0 radical (unpaired) electrons. The number of thioether (sulfide) groups is 1. The fourth-order valence-corrected chi connectivity index (χ4v) is 8.49. The summed E-state index contributed by atoms with van der Waals surface area (Å²) >= 11 is 15.4. The van der Waals surface area contributed by atoms with Gasteiger partial charge in [-0.3, -0.25) is 14.4 Å². The van der Waals surface area contributed by atoms with Gasteiger partial charge in [0.2, 0.25) is 5.91 Å². The van der Waals surface area contributed by atoms with Crippen molar-refractivity contribution in [2.75, 3.05) is 17.2 Å². The zero-order chi connectivity index (χ0) is 37.6. The third kappa shape index (κ3) is 9.66. The van der Waals surface area contributed by atoms with Crippen molar-refractivity contribution in [1.29, 1.82) is 0 Å². The number of anilines is 2. The third-order valence-corrected chi connectivity index (χ3v) is 11.9. The minimum Gasteiger partial charge on any atom is -0.462 e. The molecule has 2 unspecified atom stereocenters. The number of carbonyl (C=O) groups excluding carboxylic acids is 4. The molecule has 272 valence electrons. The van der Waals surface area contributed by atoms with Gasteiger partial charge in [0.05, 0.1) is 27.5 Å². The van der Waals surface area contributed by atoms with E-state index in [0.29, 0.717) is 38.3 Å². The molecular formula is C40H41Cl2N3O5S2. The predicted octanol–water partition coefficient (Wildman–Crippen LogP) is 9.91. The van der Waals surface area contributed by atoms with E-state index in [0.717, 1.165) is 34.6 Å². The van der Waals surface area contributed by atoms with Gasteiger partial charge in [-0.1, -0.05) is 80.4 Å². The van der Waals surface area contributed by atoms with Crippen molar-refractivity contribution >= 4 is 86.8 Å². The van der Waals surface area contributed by atoms with Gasteiger partial charge < -0.3 is 20.7 Å². The molecule has 52 heavy (non-hydrogen) atoms. The van der Waals surface area contributed by atoms with Crippen molar-refractivity contribution in [2.45, 2.75) is 64.0 Å². The van der Waals surface area contributed by atoms with E-state index in [9.17, 15) is 19.2 Å². The average molecular weight is 779 g/mol. The number of ether oxygens (including phenoxy) is 1. The van der Waals surface area contributed by atoms with Crippen molar-refractivity contribution in [1.82, 2.24) is 5.32 Å². The van der Waals surface area contributed by atoms with Crippen molar-refractivity contribution in [3.05, 3.63) is 116 Å². The van der Waals surface area contributed by atoms with Gasteiger partial charge in [0.1, 0.15) is 10.7 Å². The lowest BCUT2D eigenvalue weighted by Crippen LogP contribution is -2.30. The Bertz CT molecular complexity index is 2010. The maximum absolute atomic E-state index is 13.6. The van der Waals surface area contributed by atoms with Gasteiger partial charge >= 0.3 is 5.97 Å². The number of esters is 1. The topological polar surface area (TPSA) is 114 Å². The number of fused-ring (bicyclic) bond motifs is 1. The van der Waals surface area contributed by atoms with E-state index in [1.807, 2.05) is 6.07 Å².